The number of para-hydroxylation sites is 1. The van der Waals surface area contributed by atoms with Crippen LogP contribution in [0.25, 0.3) is 10.9 Å². The summed E-state index contributed by atoms with van der Waals surface area (Å²) in [6.45, 7) is 0.0747. The highest BCUT2D eigenvalue weighted by Gasteiger charge is 2.47. The van der Waals surface area contributed by atoms with Crippen LogP contribution >= 0.6 is 11.6 Å². The largest absolute Gasteiger partial charge is 0.495 e. The number of aromatic nitrogens is 1. The van der Waals surface area contributed by atoms with Gasteiger partial charge in [-0.25, -0.2) is 0 Å². The maximum atomic E-state index is 13.1. The number of fused-ring (bicyclic) bond motifs is 4. The lowest BCUT2D eigenvalue weighted by Crippen LogP contribution is -2.62. The lowest BCUT2D eigenvalue weighted by Gasteiger charge is -2.46. The van der Waals surface area contributed by atoms with Crippen molar-refractivity contribution < 1.29 is 14.3 Å². The molecule has 6 nitrogen and oxygen atoms in total. The summed E-state index contributed by atoms with van der Waals surface area (Å²) in [5.74, 6) is 0.462. The zero-order valence-corrected chi connectivity index (χ0v) is 16.9. The molecule has 0 radical (unpaired) electrons. The molecule has 29 heavy (non-hydrogen) atoms. The Kier molecular flexibility index (Phi) is 4.06. The molecule has 1 N–H and O–H groups in total. The van der Waals surface area contributed by atoms with Crippen molar-refractivity contribution in [1.29, 1.82) is 0 Å². The molecular formula is C22H20ClN3O3. The van der Waals surface area contributed by atoms with Gasteiger partial charge in [-0.1, -0.05) is 35.9 Å². The quantitative estimate of drug-likeness (QED) is 0.707. The fraction of sp³-hybridized carbons (Fsp3) is 0.273. The van der Waals surface area contributed by atoms with Crippen LogP contribution in [0, 0.1) is 0 Å². The summed E-state index contributed by atoms with van der Waals surface area (Å²) >= 11 is 6.40. The number of carbonyl (C=O) groups excluding carboxylic acids is 2. The Morgan fingerprint density at radius 1 is 1.17 bits per heavy atom. The highest BCUT2D eigenvalue weighted by Crippen LogP contribution is 2.43. The average Bonchev–Trinajstić information content (AvgIpc) is 3.09. The number of H-pyrrole nitrogens is 1. The number of nitrogens with zero attached hydrogens (tertiary/aromatic N) is 2. The van der Waals surface area contributed by atoms with Crippen LogP contribution in [0.1, 0.15) is 22.9 Å². The third-order valence-corrected chi connectivity index (χ3v) is 6.24. The molecular weight excluding hydrogens is 390 g/mol. The van der Waals surface area contributed by atoms with E-state index in [-0.39, 0.29) is 18.4 Å². The summed E-state index contributed by atoms with van der Waals surface area (Å²) in [7, 11) is 3.25. The lowest BCUT2D eigenvalue weighted by atomic mass is 9.86. The van der Waals surface area contributed by atoms with Crippen LogP contribution in [-0.2, 0) is 16.0 Å². The van der Waals surface area contributed by atoms with Gasteiger partial charge >= 0.3 is 0 Å². The second-order valence-electron chi connectivity index (χ2n) is 7.57. The number of piperazine rings is 1. The second kappa shape index (κ2) is 6.52. The van der Waals surface area contributed by atoms with E-state index in [1.807, 2.05) is 30.3 Å². The van der Waals surface area contributed by atoms with Crippen molar-refractivity contribution in [2.24, 2.45) is 0 Å². The Balaban J connectivity index is 1.75. The van der Waals surface area contributed by atoms with Gasteiger partial charge in [0.05, 0.1) is 24.7 Å². The molecule has 2 amide bonds. The van der Waals surface area contributed by atoms with Crippen molar-refractivity contribution in [3.8, 4) is 5.75 Å². The Bertz CT molecular complexity index is 1160. The van der Waals surface area contributed by atoms with E-state index in [1.54, 1.807) is 25.1 Å². The van der Waals surface area contributed by atoms with Crippen LogP contribution in [0.15, 0.2) is 42.5 Å². The molecule has 0 saturated carbocycles. The highest BCUT2D eigenvalue weighted by atomic mass is 35.5. The molecule has 3 heterocycles. The van der Waals surface area contributed by atoms with Crippen molar-refractivity contribution in [3.05, 3.63) is 64.3 Å². The van der Waals surface area contributed by atoms with Crippen molar-refractivity contribution in [2.75, 3.05) is 20.7 Å². The maximum absolute atomic E-state index is 13.1. The first-order chi connectivity index (χ1) is 14.0. The monoisotopic (exact) mass is 409 g/mol. The third-order valence-electron chi connectivity index (χ3n) is 5.94. The van der Waals surface area contributed by atoms with Gasteiger partial charge in [-0.05, 0) is 29.3 Å². The fourth-order valence-corrected chi connectivity index (χ4v) is 4.87. The van der Waals surface area contributed by atoms with Gasteiger partial charge in [-0.3, -0.25) is 9.59 Å². The van der Waals surface area contributed by atoms with Gasteiger partial charge in [0.15, 0.2) is 0 Å². The number of aromatic amines is 1. The molecule has 1 saturated heterocycles. The number of rotatable bonds is 2. The predicted molar refractivity (Wildman–Crippen MR) is 110 cm³/mol. The number of ether oxygens (including phenoxy) is 1. The van der Waals surface area contributed by atoms with E-state index >= 15 is 0 Å². The predicted octanol–water partition coefficient (Wildman–Crippen LogP) is 3.14. The van der Waals surface area contributed by atoms with E-state index in [4.69, 9.17) is 16.3 Å². The van der Waals surface area contributed by atoms with Gasteiger partial charge < -0.3 is 19.5 Å². The summed E-state index contributed by atoms with van der Waals surface area (Å²) in [6.07, 6.45) is 0.495. The zero-order valence-electron chi connectivity index (χ0n) is 16.1. The first-order valence-electron chi connectivity index (χ1n) is 9.48. The van der Waals surface area contributed by atoms with E-state index < -0.39 is 12.1 Å². The summed E-state index contributed by atoms with van der Waals surface area (Å²) < 4.78 is 5.28. The molecule has 3 aromatic rings. The number of amides is 2. The number of benzene rings is 2. The normalized spacial score (nSPS) is 21.3. The molecule has 1 fully saturated rings. The van der Waals surface area contributed by atoms with E-state index in [9.17, 15) is 9.59 Å². The molecule has 2 aliphatic rings. The van der Waals surface area contributed by atoms with Crippen LogP contribution in [0.3, 0.4) is 0 Å². The molecule has 0 unspecified atom stereocenters. The number of halogens is 1. The van der Waals surface area contributed by atoms with Gasteiger partial charge in [0, 0.05) is 30.1 Å². The van der Waals surface area contributed by atoms with Crippen molar-refractivity contribution in [3.63, 3.8) is 0 Å². The van der Waals surface area contributed by atoms with Crippen molar-refractivity contribution in [1.82, 2.24) is 14.8 Å². The first-order valence-corrected chi connectivity index (χ1v) is 9.86. The number of hydrogen-bond donors (Lipinski definition) is 1. The number of nitrogens with one attached hydrogen (secondary N) is 1. The van der Waals surface area contributed by atoms with Crippen molar-refractivity contribution >= 4 is 34.3 Å². The first kappa shape index (κ1) is 18.1. The molecule has 5 rings (SSSR count). The number of hydrogen-bond acceptors (Lipinski definition) is 3. The Labute approximate surface area is 173 Å². The maximum Gasteiger partial charge on any atom is 0.245 e. The Hall–Kier alpha value is -2.99. The van der Waals surface area contributed by atoms with Gasteiger partial charge in [0.1, 0.15) is 11.8 Å². The average molecular weight is 410 g/mol. The Morgan fingerprint density at radius 3 is 2.72 bits per heavy atom. The molecule has 0 bridgehead atoms. The minimum absolute atomic E-state index is 0.0369. The third kappa shape index (κ3) is 2.63. The van der Waals surface area contributed by atoms with Crippen LogP contribution in [-0.4, -0.2) is 53.3 Å². The molecule has 2 aliphatic heterocycles. The molecule has 148 valence electrons. The summed E-state index contributed by atoms with van der Waals surface area (Å²) in [6, 6.07) is 12.6. The van der Waals surface area contributed by atoms with Gasteiger partial charge in [0.2, 0.25) is 11.8 Å². The summed E-state index contributed by atoms with van der Waals surface area (Å²) in [4.78, 5) is 32.8. The molecule has 0 spiro atoms. The van der Waals surface area contributed by atoms with Crippen LogP contribution in [0.5, 0.6) is 5.75 Å². The highest BCUT2D eigenvalue weighted by molar-refractivity contribution is 6.32. The van der Waals surface area contributed by atoms with Gasteiger partial charge in [0.25, 0.3) is 0 Å². The smallest absolute Gasteiger partial charge is 0.245 e. The fourth-order valence-electron chi connectivity index (χ4n) is 4.61. The second-order valence-corrected chi connectivity index (χ2v) is 7.98. The minimum Gasteiger partial charge on any atom is -0.495 e. The van der Waals surface area contributed by atoms with E-state index in [0.717, 1.165) is 27.7 Å². The summed E-state index contributed by atoms with van der Waals surface area (Å²) in [5, 5.41) is 1.55. The topological polar surface area (TPSA) is 65.6 Å². The molecule has 7 heteroatoms. The van der Waals surface area contributed by atoms with Crippen molar-refractivity contribution in [2.45, 2.75) is 18.5 Å². The van der Waals surface area contributed by atoms with Crippen LogP contribution in [0.4, 0.5) is 0 Å². The number of carbonyl (C=O) groups is 2. The standard InChI is InChI=1S/C22H20ClN3O3/c1-25-11-19(27)26-17(22(25)28)10-14-13-5-3-4-6-16(13)24-20(14)21(26)12-7-8-18(29-2)15(23)9-12/h3-9,17,21,24H,10-11H2,1-2H3/t17-,21-/m1/s1. The SMILES string of the molecule is COc1ccc([C@@H]2c3[nH]c4ccccc4c3C[C@@H]3C(=O)N(C)CC(=O)N23)cc1Cl. The number of methoxy groups -OCH3 is 1. The van der Waals surface area contributed by atoms with E-state index in [2.05, 4.69) is 11.1 Å². The minimum atomic E-state index is -0.529. The van der Waals surface area contributed by atoms with Crippen LogP contribution in [0.2, 0.25) is 5.02 Å². The molecule has 0 aliphatic carbocycles. The molecule has 2 aromatic carbocycles. The Morgan fingerprint density at radius 2 is 1.97 bits per heavy atom. The van der Waals surface area contributed by atoms with Gasteiger partial charge in [-0.15, -0.1) is 0 Å². The van der Waals surface area contributed by atoms with E-state index in [0.29, 0.717) is 17.2 Å². The van der Waals surface area contributed by atoms with Crippen LogP contribution < -0.4 is 4.74 Å². The van der Waals surface area contributed by atoms with E-state index in [1.165, 1.54) is 4.90 Å². The summed E-state index contributed by atoms with van der Waals surface area (Å²) in [5.41, 5.74) is 3.86. The zero-order chi connectivity index (χ0) is 20.3. The van der Waals surface area contributed by atoms with Gasteiger partial charge in [-0.2, -0.15) is 0 Å². The molecule has 1 aromatic heterocycles. The lowest BCUT2D eigenvalue weighted by molar-refractivity contribution is -0.157. The number of likely N-dealkylation sites (N-methyl/N-ethyl adjacent to an activating group) is 1. The molecule has 2 atom stereocenters.